The van der Waals surface area contributed by atoms with Crippen molar-refractivity contribution in [3.63, 3.8) is 0 Å². The Bertz CT molecular complexity index is 806. The number of benzene rings is 2. The van der Waals surface area contributed by atoms with Gasteiger partial charge < -0.3 is 9.80 Å². The molecule has 0 aliphatic carbocycles. The molecule has 3 rings (SSSR count). The highest BCUT2D eigenvalue weighted by Crippen LogP contribution is 2.25. The summed E-state index contributed by atoms with van der Waals surface area (Å²) in [5.41, 5.74) is 0.691. The first kappa shape index (κ1) is 17.7. The third-order valence-electron chi connectivity index (χ3n) is 4.12. The van der Waals surface area contributed by atoms with Gasteiger partial charge in [0.15, 0.2) is 0 Å². The molecule has 0 unspecified atom stereocenters. The van der Waals surface area contributed by atoms with Crippen LogP contribution in [0.3, 0.4) is 0 Å². The van der Waals surface area contributed by atoms with Crippen molar-refractivity contribution in [1.29, 1.82) is 0 Å². The van der Waals surface area contributed by atoms with E-state index in [9.17, 15) is 14.0 Å². The van der Waals surface area contributed by atoms with Crippen LogP contribution < -0.4 is 0 Å². The molecule has 2 aromatic carbocycles. The summed E-state index contributed by atoms with van der Waals surface area (Å²) in [6, 6.07) is 11.3. The number of nitrogens with zero attached hydrogens (tertiary/aromatic N) is 2. The smallest absolute Gasteiger partial charge is 0.255 e. The lowest BCUT2D eigenvalue weighted by Crippen LogP contribution is -2.50. The van der Waals surface area contributed by atoms with Crippen molar-refractivity contribution in [2.45, 2.75) is 0 Å². The molecule has 0 saturated carbocycles. The molecule has 7 heteroatoms. The normalized spacial score (nSPS) is 14.5. The maximum atomic E-state index is 13.6. The molecule has 0 bridgehead atoms. The van der Waals surface area contributed by atoms with Gasteiger partial charge in [-0.3, -0.25) is 9.59 Å². The summed E-state index contributed by atoms with van der Waals surface area (Å²) in [6.07, 6.45) is 0. The fourth-order valence-corrected chi connectivity index (χ4v) is 3.20. The topological polar surface area (TPSA) is 40.6 Å². The number of hydrogen-bond acceptors (Lipinski definition) is 2. The van der Waals surface area contributed by atoms with Crippen molar-refractivity contribution < 1.29 is 14.0 Å². The van der Waals surface area contributed by atoms with Crippen LogP contribution in [0.2, 0.25) is 10.0 Å². The highest BCUT2D eigenvalue weighted by molar-refractivity contribution is 6.36. The number of rotatable bonds is 2. The van der Waals surface area contributed by atoms with Crippen LogP contribution in [0.4, 0.5) is 4.39 Å². The average Bonchev–Trinajstić information content (AvgIpc) is 2.64. The summed E-state index contributed by atoms with van der Waals surface area (Å²) in [6.45, 7) is 1.54. The third-order valence-corrected chi connectivity index (χ3v) is 4.72. The van der Waals surface area contributed by atoms with Gasteiger partial charge >= 0.3 is 0 Å². The number of carbonyl (C=O) groups excluding carboxylic acids is 2. The Hall–Kier alpha value is -2.11. The molecule has 2 aromatic rings. The van der Waals surface area contributed by atoms with Gasteiger partial charge in [0.05, 0.1) is 15.6 Å². The van der Waals surface area contributed by atoms with Gasteiger partial charge in [-0.05, 0) is 24.3 Å². The largest absolute Gasteiger partial charge is 0.335 e. The zero-order valence-electron chi connectivity index (χ0n) is 13.2. The summed E-state index contributed by atoms with van der Waals surface area (Å²) in [5, 5.41) is -0.0148. The zero-order valence-corrected chi connectivity index (χ0v) is 14.7. The molecule has 0 spiro atoms. The molecular weight excluding hydrogens is 366 g/mol. The van der Waals surface area contributed by atoms with E-state index >= 15 is 0 Å². The predicted octanol–water partition coefficient (Wildman–Crippen LogP) is 3.73. The van der Waals surface area contributed by atoms with Gasteiger partial charge in [-0.2, -0.15) is 0 Å². The molecule has 1 saturated heterocycles. The monoisotopic (exact) mass is 380 g/mol. The van der Waals surface area contributed by atoms with E-state index in [1.54, 1.807) is 21.9 Å². The first-order valence-corrected chi connectivity index (χ1v) is 8.51. The Balaban J connectivity index is 1.67. The summed E-state index contributed by atoms with van der Waals surface area (Å²) < 4.78 is 13.6. The van der Waals surface area contributed by atoms with E-state index < -0.39 is 5.82 Å². The van der Waals surface area contributed by atoms with Gasteiger partial charge in [0, 0.05) is 31.7 Å². The SMILES string of the molecule is O=C(c1ccccc1)N1CCN(C(=O)c2cc(F)c(Cl)cc2Cl)CC1. The maximum absolute atomic E-state index is 13.6. The second-order valence-electron chi connectivity index (χ2n) is 5.70. The van der Waals surface area contributed by atoms with Crippen molar-refractivity contribution in [2.24, 2.45) is 0 Å². The van der Waals surface area contributed by atoms with Gasteiger partial charge in [0.25, 0.3) is 11.8 Å². The summed E-state index contributed by atoms with van der Waals surface area (Å²) in [5.74, 6) is -1.12. The second-order valence-corrected chi connectivity index (χ2v) is 6.51. The molecule has 0 aromatic heterocycles. The summed E-state index contributed by atoms with van der Waals surface area (Å²) >= 11 is 11.7. The standard InChI is InChI=1S/C18H15Cl2FN2O2/c19-14-11-15(20)16(21)10-13(14)18(25)23-8-6-22(7-9-23)17(24)12-4-2-1-3-5-12/h1-5,10-11H,6-9H2. The van der Waals surface area contributed by atoms with Gasteiger partial charge in [0.2, 0.25) is 0 Å². The van der Waals surface area contributed by atoms with Crippen molar-refractivity contribution in [1.82, 2.24) is 9.80 Å². The fourth-order valence-electron chi connectivity index (χ4n) is 2.73. The van der Waals surface area contributed by atoms with Crippen LogP contribution in [0.5, 0.6) is 0 Å². The van der Waals surface area contributed by atoms with Crippen LogP contribution in [-0.4, -0.2) is 47.8 Å². The summed E-state index contributed by atoms with van der Waals surface area (Å²) in [4.78, 5) is 28.2. The van der Waals surface area contributed by atoms with E-state index in [0.717, 1.165) is 6.07 Å². The van der Waals surface area contributed by atoms with Gasteiger partial charge in [-0.1, -0.05) is 41.4 Å². The Morgan fingerprint density at radius 2 is 1.40 bits per heavy atom. The molecule has 1 heterocycles. The van der Waals surface area contributed by atoms with Crippen LogP contribution in [0.1, 0.15) is 20.7 Å². The molecular formula is C18H15Cl2FN2O2. The second kappa shape index (κ2) is 7.42. The molecule has 4 nitrogen and oxygen atoms in total. The van der Waals surface area contributed by atoms with Gasteiger partial charge in [0.1, 0.15) is 5.82 Å². The van der Waals surface area contributed by atoms with E-state index in [1.165, 1.54) is 6.07 Å². The maximum Gasteiger partial charge on any atom is 0.255 e. The lowest BCUT2D eigenvalue weighted by molar-refractivity contribution is 0.0535. The zero-order chi connectivity index (χ0) is 18.0. The van der Waals surface area contributed by atoms with Crippen LogP contribution in [0.25, 0.3) is 0 Å². The minimum atomic E-state index is -0.688. The van der Waals surface area contributed by atoms with Crippen molar-refractivity contribution in [2.75, 3.05) is 26.2 Å². The van der Waals surface area contributed by atoms with Crippen LogP contribution in [0, 0.1) is 5.82 Å². The fraction of sp³-hybridized carbons (Fsp3) is 0.222. The van der Waals surface area contributed by atoms with Crippen LogP contribution in [0.15, 0.2) is 42.5 Å². The molecule has 1 fully saturated rings. The molecule has 1 aliphatic rings. The Morgan fingerprint density at radius 1 is 0.840 bits per heavy atom. The molecule has 2 amide bonds. The first-order valence-electron chi connectivity index (χ1n) is 7.75. The van der Waals surface area contributed by atoms with E-state index in [4.69, 9.17) is 23.2 Å². The van der Waals surface area contributed by atoms with E-state index in [2.05, 4.69) is 0 Å². The molecule has 0 radical (unpaired) electrons. The highest BCUT2D eigenvalue weighted by atomic mass is 35.5. The molecule has 0 N–H and O–H groups in total. The first-order chi connectivity index (χ1) is 12.0. The molecule has 130 valence electrons. The van der Waals surface area contributed by atoms with Crippen LogP contribution in [-0.2, 0) is 0 Å². The van der Waals surface area contributed by atoms with Gasteiger partial charge in [-0.15, -0.1) is 0 Å². The molecule has 1 aliphatic heterocycles. The minimum absolute atomic E-state index is 0.0664. The highest BCUT2D eigenvalue weighted by Gasteiger charge is 2.27. The number of amides is 2. The lowest BCUT2D eigenvalue weighted by Gasteiger charge is -2.35. The number of hydrogen-bond donors (Lipinski definition) is 0. The van der Waals surface area contributed by atoms with Gasteiger partial charge in [-0.25, -0.2) is 4.39 Å². The molecule has 25 heavy (non-hydrogen) atoms. The number of piperazine rings is 1. The Kier molecular flexibility index (Phi) is 5.25. The number of halogens is 3. The summed E-state index contributed by atoms with van der Waals surface area (Å²) in [7, 11) is 0. The van der Waals surface area contributed by atoms with E-state index in [0.29, 0.717) is 31.7 Å². The average molecular weight is 381 g/mol. The van der Waals surface area contributed by atoms with E-state index in [-0.39, 0.29) is 27.4 Å². The van der Waals surface area contributed by atoms with Crippen molar-refractivity contribution >= 4 is 35.0 Å². The Labute approximate surface area is 154 Å². The number of carbonyl (C=O) groups is 2. The van der Waals surface area contributed by atoms with Crippen LogP contribution >= 0.6 is 23.2 Å². The quantitative estimate of drug-likeness (QED) is 0.744. The third kappa shape index (κ3) is 3.78. The van der Waals surface area contributed by atoms with Crippen molar-refractivity contribution in [3.05, 3.63) is 69.5 Å². The minimum Gasteiger partial charge on any atom is -0.335 e. The molecule has 0 atom stereocenters. The van der Waals surface area contributed by atoms with E-state index in [1.807, 2.05) is 18.2 Å². The predicted molar refractivity (Wildman–Crippen MR) is 94.7 cm³/mol. The van der Waals surface area contributed by atoms with Crippen molar-refractivity contribution in [3.8, 4) is 0 Å². The Morgan fingerprint density at radius 3 is 2.00 bits per heavy atom. The lowest BCUT2D eigenvalue weighted by atomic mass is 10.1.